The first kappa shape index (κ1) is 13.5. The van der Waals surface area contributed by atoms with E-state index in [-0.39, 0.29) is 5.91 Å². The van der Waals surface area contributed by atoms with Gasteiger partial charge in [0.15, 0.2) is 0 Å². The van der Waals surface area contributed by atoms with Gasteiger partial charge in [0, 0.05) is 6.04 Å². The van der Waals surface area contributed by atoms with Gasteiger partial charge in [-0.25, -0.2) is 0 Å². The lowest BCUT2D eigenvalue weighted by atomic mass is 9.90. The van der Waals surface area contributed by atoms with E-state index < -0.39 is 5.54 Å². The number of amides is 1. The zero-order valence-electron chi connectivity index (χ0n) is 10.9. The number of nitrogens with two attached hydrogens (primary N) is 1. The van der Waals surface area contributed by atoms with Gasteiger partial charge in [-0.15, -0.1) is 0 Å². The monoisotopic (exact) mass is 226 g/mol. The summed E-state index contributed by atoms with van der Waals surface area (Å²) < 4.78 is 0. The van der Waals surface area contributed by atoms with Gasteiger partial charge in [0.25, 0.3) is 0 Å². The second-order valence-corrected chi connectivity index (χ2v) is 5.75. The van der Waals surface area contributed by atoms with E-state index in [2.05, 4.69) is 19.2 Å². The highest BCUT2D eigenvalue weighted by molar-refractivity contribution is 5.84. The van der Waals surface area contributed by atoms with Gasteiger partial charge in [0.05, 0.1) is 5.54 Å². The zero-order chi connectivity index (χ0) is 12.2. The number of carbonyl (C=O) groups is 1. The molecule has 1 rings (SSSR count). The molecule has 1 saturated carbocycles. The Morgan fingerprint density at radius 1 is 1.44 bits per heavy atom. The Bertz CT molecular complexity index is 234. The summed E-state index contributed by atoms with van der Waals surface area (Å²) in [6, 6.07) is 0.490. The lowest BCUT2D eigenvalue weighted by molar-refractivity contribution is -0.124. The lowest BCUT2D eigenvalue weighted by Crippen LogP contribution is -2.56. The molecule has 0 aliphatic heterocycles. The van der Waals surface area contributed by atoms with Crippen LogP contribution in [0.25, 0.3) is 0 Å². The number of carbonyl (C=O) groups excluding carboxylic acids is 1. The molecular formula is C13H26N2O. The standard InChI is InChI=1S/C13H26N2O/c1-10(2)8-9-13(3,12(14)16)15-11-6-4-5-7-11/h10-11,15H,4-9H2,1-3H3,(H2,14,16). The van der Waals surface area contributed by atoms with Crippen molar-refractivity contribution in [2.45, 2.75) is 70.9 Å². The minimum Gasteiger partial charge on any atom is -0.368 e. The second kappa shape index (κ2) is 5.67. The van der Waals surface area contributed by atoms with E-state index in [1.54, 1.807) is 0 Å². The van der Waals surface area contributed by atoms with E-state index in [1.807, 2.05) is 6.92 Å². The molecule has 0 saturated heterocycles. The third-order valence-electron chi connectivity index (χ3n) is 3.64. The van der Waals surface area contributed by atoms with Crippen LogP contribution in [0.15, 0.2) is 0 Å². The fourth-order valence-corrected chi connectivity index (χ4v) is 2.36. The number of nitrogens with one attached hydrogen (secondary N) is 1. The largest absolute Gasteiger partial charge is 0.368 e. The van der Waals surface area contributed by atoms with Gasteiger partial charge in [-0.3, -0.25) is 4.79 Å². The summed E-state index contributed by atoms with van der Waals surface area (Å²) in [4.78, 5) is 11.6. The average Bonchev–Trinajstić information content (AvgIpc) is 2.67. The van der Waals surface area contributed by atoms with Gasteiger partial charge in [-0.05, 0) is 38.5 Å². The maximum Gasteiger partial charge on any atom is 0.237 e. The van der Waals surface area contributed by atoms with Crippen molar-refractivity contribution >= 4 is 5.91 Å². The summed E-state index contributed by atoms with van der Waals surface area (Å²) in [6.45, 7) is 6.31. The first-order chi connectivity index (χ1) is 7.44. The normalized spacial score (nSPS) is 21.2. The third kappa shape index (κ3) is 3.78. The van der Waals surface area contributed by atoms with E-state index in [9.17, 15) is 4.79 Å². The van der Waals surface area contributed by atoms with Crippen molar-refractivity contribution in [1.82, 2.24) is 5.32 Å². The first-order valence-corrected chi connectivity index (χ1v) is 6.51. The molecule has 0 aromatic carbocycles. The number of hydrogen-bond donors (Lipinski definition) is 2. The van der Waals surface area contributed by atoms with Crippen molar-refractivity contribution in [3.63, 3.8) is 0 Å². The molecule has 3 N–H and O–H groups in total. The molecule has 1 aliphatic carbocycles. The molecule has 0 spiro atoms. The second-order valence-electron chi connectivity index (χ2n) is 5.75. The fraction of sp³-hybridized carbons (Fsp3) is 0.923. The Balaban J connectivity index is 2.52. The Morgan fingerprint density at radius 3 is 2.44 bits per heavy atom. The van der Waals surface area contributed by atoms with Crippen molar-refractivity contribution in [3.8, 4) is 0 Å². The van der Waals surface area contributed by atoms with Gasteiger partial charge in [-0.2, -0.15) is 0 Å². The predicted molar refractivity (Wildman–Crippen MR) is 67.1 cm³/mol. The van der Waals surface area contributed by atoms with Crippen molar-refractivity contribution in [2.75, 3.05) is 0 Å². The van der Waals surface area contributed by atoms with Gasteiger partial charge < -0.3 is 11.1 Å². The van der Waals surface area contributed by atoms with Gasteiger partial charge in [-0.1, -0.05) is 26.7 Å². The van der Waals surface area contributed by atoms with Crippen LogP contribution in [0, 0.1) is 5.92 Å². The van der Waals surface area contributed by atoms with E-state index in [1.165, 1.54) is 25.7 Å². The van der Waals surface area contributed by atoms with Crippen LogP contribution in [0.5, 0.6) is 0 Å². The summed E-state index contributed by atoms with van der Waals surface area (Å²) in [6.07, 6.45) is 6.80. The van der Waals surface area contributed by atoms with Crippen molar-refractivity contribution in [2.24, 2.45) is 11.7 Å². The van der Waals surface area contributed by atoms with Crippen LogP contribution in [0.4, 0.5) is 0 Å². The summed E-state index contributed by atoms with van der Waals surface area (Å²) in [7, 11) is 0. The summed E-state index contributed by atoms with van der Waals surface area (Å²) >= 11 is 0. The molecule has 94 valence electrons. The smallest absolute Gasteiger partial charge is 0.237 e. The molecule has 3 nitrogen and oxygen atoms in total. The third-order valence-corrected chi connectivity index (χ3v) is 3.64. The van der Waals surface area contributed by atoms with Crippen molar-refractivity contribution < 1.29 is 4.79 Å². The molecule has 0 radical (unpaired) electrons. The Labute approximate surface area is 99.2 Å². The van der Waals surface area contributed by atoms with E-state index in [0.29, 0.717) is 12.0 Å². The molecule has 1 aliphatic rings. The Kier molecular flexibility index (Phi) is 4.78. The molecular weight excluding hydrogens is 200 g/mol. The number of primary amides is 1. The SMILES string of the molecule is CC(C)CCC(C)(NC1CCCC1)C(N)=O. The van der Waals surface area contributed by atoms with Crippen LogP contribution in [0.2, 0.25) is 0 Å². The van der Waals surface area contributed by atoms with Crippen molar-refractivity contribution in [3.05, 3.63) is 0 Å². The molecule has 0 heterocycles. The van der Waals surface area contributed by atoms with Gasteiger partial charge >= 0.3 is 0 Å². The van der Waals surface area contributed by atoms with E-state index >= 15 is 0 Å². The molecule has 0 aromatic heterocycles. The molecule has 1 fully saturated rings. The molecule has 0 aromatic rings. The van der Waals surface area contributed by atoms with Crippen LogP contribution in [-0.4, -0.2) is 17.5 Å². The van der Waals surface area contributed by atoms with Crippen LogP contribution in [0.1, 0.15) is 59.3 Å². The molecule has 3 heteroatoms. The lowest BCUT2D eigenvalue weighted by Gasteiger charge is -2.31. The highest BCUT2D eigenvalue weighted by Gasteiger charge is 2.33. The summed E-state index contributed by atoms with van der Waals surface area (Å²) in [5.74, 6) is 0.407. The average molecular weight is 226 g/mol. The van der Waals surface area contributed by atoms with Crippen molar-refractivity contribution in [1.29, 1.82) is 0 Å². The quantitative estimate of drug-likeness (QED) is 0.729. The number of hydrogen-bond acceptors (Lipinski definition) is 2. The maximum absolute atomic E-state index is 11.6. The molecule has 1 unspecified atom stereocenters. The molecule has 1 atom stereocenters. The van der Waals surface area contributed by atoms with E-state index in [4.69, 9.17) is 5.73 Å². The minimum absolute atomic E-state index is 0.208. The molecule has 0 bridgehead atoms. The van der Waals surface area contributed by atoms with Crippen LogP contribution >= 0.6 is 0 Å². The number of rotatable bonds is 6. The molecule has 16 heavy (non-hydrogen) atoms. The highest BCUT2D eigenvalue weighted by Crippen LogP contribution is 2.23. The van der Waals surface area contributed by atoms with Crippen LogP contribution in [0.3, 0.4) is 0 Å². The highest BCUT2D eigenvalue weighted by atomic mass is 16.1. The first-order valence-electron chi connectivity index (χ1n) is 6.51. The van der Waals surface area contributed by atoms with Crippen LogP contribution < -0.4 is 11.1 Å². The topological polar surface area (TPSA) is 55.1 Å². The van der Waals surface area contributed by atoms with Gasteiger partial charge in [0.1, 0.15) is 0 Å². The maximum atomic E-state index is 11.6. The Hall–Kier alpha value is -0.570. The predicted octanol–water partition coefficient (Wildman–Crippen LogP) is 2.20. The summed E-state index contributed by atoms with van der Waals surface area (Å²) in [5.41, 5.74) is 5.02. The van der Waals surface area contributed by atoms with Crippen LogP contribution in [-0.2, 0) is 4.79 Å². The van der Waals surface area contributed by atoms with E-state index in [0.717, 1.165) is 12.8 Å². The molecule has 1 amide bonds. The minimum atomic E-state index is -0.515. The Morgan fingerprint density at radius 2 is 2.00 bits per heavy atom. The zero-order valence-corrected chi connectivity index (χ0v) is 10.9. The fourth-order valence-electron chi connectivity index (χ4n) is 2.36. The van der Waals surface area contributed by atoms with Gasteiger partial charge in [0.2, 0.25) is 5.91 Å². The summed E-state index contributed by atoms with van der Waals surface area (Å²) in [5, 5.41) is 3.47.